The number of H-pyrrole nitrogens is 2. The van der Waals surface area contributed by atoms with Gasteiger partial charge in [-0.05, 0) is 30.5 Å². The maximum Gasteiger partial charge on any atom is 0.260 e. The van der Waals surface area contributed by atoms with Gasteiger partial charge in [-0.25, -0.2) is 9.97 Å². The largest absolute Gasteiger partial charge is 0.309 e. The van der Waals surface area contributed by atoms with Crippen molar-refractivity contribution in [2.45, 2.75) is 17.8 Å². The number of hydrogen-bond donors (Lipinski definition) is 2. The summed E-state index contributed by atoms with van der Waals surface area (Å²) < 4.78 is 0. The molecule has 0 aliphatic rings. The molecule has 0 radical (unpaired) electrons. The van der Waals surface area contributed by atoms with Crippen LogP contribution in [-0.2, 0) is 5.75 Å². The molecule has 5 rings (SSSR count). The van der Waals surface area contributed by atoms with Crippen LogP contribution in [0.3, 0.4) is 0 Å². The number of thiophene rings is 3. The smallest absolute Gasteiger partial charge is 0.260 e. The first-order valence-corrected chi connectivity index (χ1v) is 11.9. The van der Waals surface area contributed by atoms with Gasteiger partial charge in [-0.15, -0.1) is 39.1 Å². The highest BCUT2D eigenvalue weighted by atomic mass is 32.2. The Labute approximate surface area is 175 Å². The SMILES string of the molecule is Cc1ccc(-c2csc3nc(CSc4n[nH]c(-c5cccs5)n4)[nH]c(=O)c23)s1. The average Bonchev–Trinajstić information content (AvgIpc) is 3.45. The molecule has 0 saturated carbocycles. The summed E-state index contributed by atoms with van der Waals surface area (Å²) in [7, 11) is 0. The molecule has 0 saturated heterocycles. The molecule has 5 aromatic rings. The lowest BCUT2D eigenvalue weighted by molar-refractivity contribution is 0.966. The predicted octanol–water partition coefficient (Wildman–Crippen LogP) is 5.16. The molecular formula is C18H13N5OS4. The Balaban J connectivity index is 1.39. The van der Waals surface area contributed by atoms with Crippen molar-refractivity contribution in [1.29, 1.82) is 0 Å². The van der Waals surface area contributed by atoms with Gasteiger partial charge in [0.2, 0.25) is 5.16 Å². The van der Waals surface area contributed by atoms with Crippen molar-refractivity contribution in [3.63, 3.8) is 0 Å². The summed E-state index contributed by atoms with van der Waals surface area (Å²) in [5.41, 5.74) is 0.859. The molecule has 6 nitrogen and oxygen atoms in total. The van der Waals surface area contributed by atoms with E-state index in [1.807, 2.05) is 22.9 Å². The zero-order valence-corrected chi connectivity index (χ0v) is 17.8. The van der Waals surface area contributed by atoms with Gasteiger partial charge in [-0.1, -0.05) is 17.8 Å². The van der Waals surface area contributed by atoms with E-state index in [0.717, 1.165) is 26.0 Å². The van der Waals surface area contributed by atoms with Gasteiger partial charge < -0.3 is 4.98 Å². The fourth-order valence-electron chi connectivity index (χ4n) is 2.79. The number of aromatic nitrogens is 5. The Morgan fingerprint density at radius 2 is 2.07 bits per heavy atom. The molecule has 10 heteroatoms. The molecule has 5 heterocycles. The Morgan fingerprint density at radius 3 is 2.86 bits per heavy atom. The molecular weight excluding hydrogens is 431 g/mol. The van der Waals surface area contributed by atoms with Gasteiger partial charge in [0.25, 0.3) is 5.56 Å². The molecule has 0 aliphatic heterocycles. The van der Waals surface area contributed by atoms with E-state index < -0.39 is 0 Å². The summed E-state index contributed by atoms with van der Waals surface area (Å²) in [6.07, 6.45) is 0. The average molecular weight is 444 g/mol. The fourth-order valence-corrected chi connectivity index (χ4v) is 6.04. The van der Waals surface area contributed by atoms with Crippen LogP contribution in [0.1, 0.15) is 10.7 Å². The molecule has 0 spiro atoms. The lowest BCUT2D eigenvalue weighted by Gasteiger charge is -2.00. The van der Waals surface area contributed by atoms with Crippen LogP contribution in [0.2, 0.25) is 0 Å². The number of rotatable bonds is 5. The van der Waals surface area contributed by atoms with E-state index in [1.54, 1.807) is 22.7 Å². The van der Waals surface area contributed by atoms with E-state index in [0.29, 0.717) is 22.1 Å². The summed E-state index contributed by atoms with van der Waals surface area (Å²) >= 11 is 6.23. The number of aryl methyl sites for hydroxylation is 1. The van der Waals surface area contributed by atoms with Gasteiger partial charge in [0.15, 0.2) is 5.82 Å². The molecule has 0 aliphatic carbocycles. The topological polar surface area (TPSA) is 87.3 Å². The Bertz CT molecular complexity index is 1310. The van der Waals surface area contributed by atoms with Gasteiger partial charge in [0, 0.05) is 20.7 Å². The van der Waals surface area contributed by atoms with E-state index in [1.165, 1.54) is 28.0 Å². The Morgan fingerprint density at radius 1 is 1.14 bits per heavy atom. The molecule has 2 N–H and O–H groups in total. The highest BCUT2D eigenvalue weighted by Gasteiger charge is 2.15. The molecule has 0 unspecified atom stereocenters. The normalized spacial score (nSPS) is 11.5. The van der Waals surface area contributed by atoms with Crippen LogP contribution in [0.25, 0.3) is 31.4 Å². The number of nitrogens with zero attached hydrogens (tertiary/aromatic N) is 3. The van der Waals surface area contributed by atoms with Crippen LogP contribution in [-0.4, -0.2) is 25.1 Å². The van der Waals surface area contributed by atoms with Gasteiger partial charge in [0.1, 0.15) is 10.7 Å². The highest BCUT2D eigenvalue weighted by Crippen LogP contribution is 2.35. The second kappa shape index (κ2) is 7.28. The zero-order chi connectivity index (χ0) is 19.1. The highest BCUT2D eigenvalue weighted by molar-refractivity contribution is 7.98. The third-order valence-electron chi connectivity index (χ3n) is 4.06. The van der Waals surface area contributed by atoms with Gasteiger partial charge in [0.05, 0.1) is 16.0 Å². The maximum absolute atomic E-state index is 12.7. The number of nitrogens with one attached hydrogen (secondary N) is 2. The van der Waals surface area contributed by atoms with Crippen molar-refractivity contribution in [1.82, 2.24) is 25.1 Å². The molecule has 5 aromatic heterocycles. The molecule has 140 valence electrons. The predicted molar refractivity (Wildman–Crippen MR) is 118 cm³/mol. The van der Waals surface area contributed by atoms with Crippen LogP contribution in [0.5, 0.6) is 0 Å². The molecule has 0 atom stereocenters. The summed E-state index contributed by atoms with van der Waals surface area (Å²) in [4.78, 5) is 28.9. The van der Waals surface area contributed by atoms with E-state index in [2.05, 4.69) is 44.2 Å². The molecule has 0 bridgehead atoms. The van der Waals surface area contributed by atoms with Crippen LogP contribution in [0.4, 0.5) is 0 Å². The monoisotopic (exact) mass is 443 g/mol. The Hall–Kier alpha value is -2.27. The third-order valence-corrected chi connectivity index (χ3v) is 7.70. The van der Waals surface area contributed by atoms with Crippen molar-refractivity contribution in [3.8, 4) is 21.1 Å². The summed E-state index contributed by atoms with van der Waals surface area (Å²) in [5.74, 6) is 1.88. The molecule has 0 aromatic carbocycles. The maximum atomic E-state index is 12.7. The molecule has 0 amide bonds. The van der Waals surface area contributed by atoms with Crippen molar-refractivity contribution in [2.75, 3.05) is 0 Å². The minimum absolute atomic E-state index is 0.0998. The van der Waals surface area contributed by atoms with E-state index in [9.17, 15) is 4.79 Å². The number of thioether (sulfide) groups is 1. The van der Waals surface area contributed by atoms with E-state index in [-0.39, 0.29) is 5.56 Å². The van der Waals surface area contributed by atoms with Crippen LogP contribution in [0, 0.1) is 6.92 Å². The molecule has 28 heavy (non-hydrogen) atoms. The van der Waals surface area contributed by atoms with Crippen molar-refractivity contribution < 1.29 is 0 Å². The van der Waals surface area contributed by atoms with Crippen molar-refractivity contribution >= 4 is 56.0 Å². The summed E-state index contributed by atoms with van der Waals surface area (Å²) in [6, 6.07) is 8.10. The second-order valence-corrected chi connectivity index (χ2v) is 10.0. The fraction of sp³-hybridized carbons (Fsp3) is 0.111. The minimum atomic E-state index is -0.0998. The van der Waals surface area contributed by atoms with Crippen molar-refractivity contribution in [3.05, 3.63) is 56.1 Å². The molecule has 0 fully saturated rings. The lowest BCUT2D eigenvalue weighted by Crippen LogP contribution is -2.10. The van der Waals surface area contributed by atoms with Gasteiger partial charge in [-0.2, -0.15) is 0 Å². The first-order valence-electron chi connectivity index (χ1n) is 8.33. The van der Waals surface area contributed by atoms with E-state index in [4.69, 9.17) is 0 Å². The zero-order valence-electron chi connectivity index (χ0n) is 14.6. The summed E-state index contributed by atoms with van der Waals surface area (Å²) in [6.45, 7) is 2.06. The first-order chi connectivity index (χ1) is 13.7. The van der Waals surface area contributed by atoms with Crippen molar-refractivity contribution in [2.24, 2.45) is 0 Å². The summed E-state index contributed by atoms with van der Waals surface area (Å²) in [5, 5.41) is 12.5. The third kappa shape index (κ3) is 3.32. The standard InChI is InChI=1S/C18H13N5OS4/c1-9-4-5-11(28-9)10-7-26-17-14(10)16(24)19-13(20-17)8-27-18-21-15(22-23-18)12-3-2-6-25-12/h2-7H,8H2,1H3,(H,19,20,24)(H,21,22,23). The van der Waals surface area contributed by atoms with Crippen LogP contribution >= 0.6 is 45.8 Å². The first kappa shape index (κ1) is 17.8. The second-order valence-electron chi connectivity index (χ2n) is 5.99. The van der Waals surface area contributed by atoms with Crippen LogP contribution in [0.15, 0.2) is 45.0 Å². The lowest BCUT2D eigenvalue weighted by atomic mass is 10.2. The number of fused-ring (bicyclic) bond motifs is 1. The van der Waals surface area contributed by atoms with Gasteiger partial charge >= 0.3 is 0 Å². The minimum Gasteiger partial charge on any atom is -0.309 e. The van der Waals surface area contributed by atoms with E-state index >= 15 is 0 Å². The van der Waals surface area contributed by atoms with Gasteiger partial charge in [-0.3, -0.25) is 9.89 Å². The van der Waals surface area contributed by atoms with Crippen LogP contribution < -0.4 is 5.56 Å². The Kier molecular flexibility index (Phi) is 4.63. The number of hydrogen-bond acceptors (Lipinski definition) is 8. The number of aromatic amines is 2. The quantitative estimate of drug-likeness (QED) is 0.366.